The van der Waals surface area contributed by atoms with E-state index >= 15 is 0 Å². The number of amides is 1. The summed E-state index contributed by atoms with van der Waals surface area (Å²) in [5, 5.41) is 0. The summed E-state index contributed by atoms with van der Waals surface area (Å²) in [7, 11) is 0. The van der Waals surface area contributed by atoms with E-state index in [-0.39, 0.29) is 5.91 Å². The lowest BCUT2D eigenvalue weighted by Crippen LogP contribution is -2.50. The van der Waals surface area contributed by atoms with Crippen LogP contribution in [0.3, 0.4) is 0 Å². The third-order valence-corrected chi connectivity index (χ3v) is 5.33. The fourth-order valence-electron chi connectivity index (χ4n) is 3.67. The molecule has 3 rings (SSSR count). The van der Waals surface area contributed by atoms with Crippen molar-refractivity contribution in [2.75, 3.05) is 39.5 Å². The van der Waals surface area contributed by atoms with Crippen LogP contribution in [0.1, 0.15) is 24.8 Å². The van der Waals surface area contributed by atoms with Gasteiger partial charge in [0.1, 0.15) is 0 Å². The first-order valence-corrected chi connectivity index (χ1v) is 8.92. The van der Waals surface area contributed by atoms with E-state index in [4.69, 9.17) is 15.2 Å². The van der Waals surface area contributed by atoms with Crippen molar-refractivity contribution < 1.29 is 14.3 Å². The van der Waals surface area contributed by atoms with Crippen LogP contribution in [0.15, 0.2) is 30.3 Å². The maximum atomic E-state index is 12.9. The van der Waals surface area contributed by atoms with Crippen molar-refractivity contribution in [1.82, 2.24) is 4.90 Å². The van der Waals surface area contributed by atoms with Gasteiger partial charge in [-0.25, -0.2) is 0 Å². The molecule has 132 valence electrons. The molecule has 2 fully saturated rings. The molecule has 0 saturated carbocycles. The van der Waals surface area contributed by atoms with Gasteiger partial charge in [-0.3, -0.25) is 4.79 Å². The van der Waals surface area contributed by atoms with E-state index in [0.717, 1.165) is 32.4 Å². The second kappa shape index (κ2) is 8.10. The summed E-state index contributed by atoms with van der Waals surface area (Å²) in [6.45, 7) is 4.64. The van der Waals surface area contributed by atoms with Gasteiger partial charge < -0.3 is 20.1 Å². The number of rotatable bonds is 6. The van der Waals surface area contributed by atoms with Gasteiger partial charge in [0.05, 0.1) is 18.6 Å². The first-order chi connectivity index (χ1) is 11.7. The zero-order chi connectivity index (χ0) is 16.8. The smallest absolute Gasteiger partial charge is 0.230 e. The molecule has 0 bridgehead atoms. The molecule has 1 unspecified atom stereocenters. The van der Waals surface area contributed by atoms with Gasteiger partial charge in [0.2, 0.25) is 5.91 Å². The number of carbonyl (C=O) groups is 1. The molecule has 5 nitrogen and oxygen atoms in total. The third-order valence-electron chi connectivity index (χ3n) is 5.33. The van der Waals surface area contributed by atoms with Crippen molar-refractivity contribution in [3.63, 3.8) is 0 Å². The van der Waals surface area contributed by atoms with Crippen LogP contribution in [0.25, 0.3) is 0 Å². The van der Waals surface area contributed by atoms with E-state index in [2.05, 4.69) is 12.1 Å². The topological polar surface area (TPSA) is 64.8 Å². The van der Waals surface area contributed by atoms with E-state index in [9.17, 15) is 4.79 Å². The summed E-state index contributed by atoms with van der Waals surface area (Å²) >= 11 is 0. The van der Waals surface area contributed by atoms with Crippen LogP contribution in [-0.2, 0) is 20.9 Å². The first kappa shape index (κ1) is 17.4. The molecular weight excluding hydrogens is 304 g/mol. The second-order valence-electron chi connectivity index (χ2n) is 7.00. The average molecular weight is 332 g/mol. The predicted octanol–water partition coefficient (Wildman–Crippen LogP) is 1.81. The summed E-state index contributed by atoms with van der Waals surface area (Å²) in [4.78, 5) is 14.9. The molecule has 0 aromatic heterocycles. The lowest BCUT2D eigenvalue weighted by Gasteiger charge is -2.37. The Bertz CT molecular complexity index is 529. The molecule has 24 heavy (non-hydrogen) atoms. The standard InChI is InChI=1S/C19H28N2O3/c20-15-19(7-10-23-11-8-19)18(22)21-9-6-17(12-21)14-24-13-16-4-2-1-3-5-16/h1-5,17H,6-15,20H2. The number of likely N-dealkylation sites (tertiary alicyclic amines) is 1. The summed E-state index contributed by atoms with van der Waals surface area (Å²) < 4.78 is 11.3. The van der Waals surface area contributed by atoms with Crippen LogP contribution in [0.5, 0.6) is 0 Å². The monoisotopic (exact) mass is 332 g/mol. The number of carbonyl (C=O) groups excluding carboxylic acids is 1. The number of hydrogen-bond donors (Lipinski definition) is 1. The van der Waals surface area contributed by atoms with E-state index in [1.165, 1.54) is 5.56 Å². The Morgan fingerprint density at radius 1 is 1.29 bits per heavy atom. The quantitative estimate of drug-likeness (QED) is 0.863. The van der Waals surface area contributed by atoms with Gasteiger partial charge in [0.25, 0.3) is 0 Å². The number of nitrogens with two attached hydrogens (primary N) is 1. The molecule has 2 saturated heterocycles. The minimum Gasteiger partial charge on any atom is -0.381 e. The van der Waals surface area contributed by atoms with E-state index < -0.39 is 5.41 Å². The Hall–Kier alpha value is -1.43. The van der Waals surface area contributed by atoms with Crippen LogP contribution in [-0.4, -0.2) is 50.3 Å². The SMILES string of the molecule is NCC1(C(=O)N2CCC(COCc3ccccc3)C2)CCOCC1. The van der Waals surface area contributed by atoms with Gasteiger partial charge in [-0.15, -0.1) is 0 Å². The molecule has 2 aliphatic heterocycles. The summed E-state index contributed by atoms with van der Waals surface area (Å²) in [5.74, 6) is 0.645. The normalized spacial score (nSPS) is 23.4. The molecule has 0 aliphatic carbocycles. The molecule has 1 aromatic rings. The number of nitrogens with zero attached hydrogens (tertiary/aromatic N) is 1. The summed E-state index contributed by atoms with van der Waals surface area (Å²) in [6, 6.07) is 10.2. The Morgan fingerprint density at radius 2 is 2.04 bits per heavy atom. The molecular formula is C19H28N2O3. The predicted molar refractivity (Wildman–Crippen MR) is 92.3 cm³/mol. The van der Waals surface area contributed by atoms with Crippen molar-refractivity contribution in [1.29, 1.82) is 0 Å². The van der Waals surface area contributed by atoms with Gasteiger partial charge >= 0.3 is 0 Å². The molecule has 5 heteroatoms. The summed E-state index contributed by atoms with van der Waals surface area (Å²) in [5.41, 5.74) is 6.74. The van der Waals surface area contributed by atoms with E-state index in [0.29, 0.717) is 38.9 Å². The Kier molecular flexibility index (Phi) is 5.87. The highest BCUT2D eigenvalue weighted by Gasteiger charge is 2.43. The number of benzene rings is 1. The van der Waals surface area contributed by atoms with E-state index in [1.54, 1.807) is 0 Å². The lowest BCUT2D eigenvalue weighted by molar-refractivity contribution is -0.146. The fourth-order valence-corrected chi connectivity index (χ4v) is 3.67. The minimum absolute atomic E-state index is 0.221. The lowest BCUT2D eigenvalue weighted by atomic mass is 9.79. The number of ether oxygens (including phenoxy) is 2. The van der Waals surface area contributed by atoms with E-state index in [1.807, 2.05) is 23.1 Å². The highest BCUT2D eigenvalue weighted by molar-refractivity contribution is 5.83. The second-order valence-corrected chi connectivity index (χ2v) is 7.00. The van der Waals surface area contributed by atoms with Crippen LogP contribution < -0.4 is 5.73 Å². The third kappa shape index (κ3) is 3.97. The molecule has 2 N–H and O–H groups in total. The fraction of sp³-hybridized carbons (Fsp3) is 0.632. The zero-order valence-electron chi connectivity index (χ0n) is 14.3. The zero-order valence-corrected chi connectivity index (χ0v) is 14.3. The highest BCUT2D eigenvalue weighted by Crippen LogP contribution is 2.33. The van der Waals surface area contributed by atoms with Crippen LogP contribution in [0, 0.1) is 11.3 Å². The van der Waals surface area contributed by atoms with Crippen LogP contribution in [0.2, 0.25) is 0 Å². The highest BCUT2D eigenvalue weighted by atomic mass is 16.5. The minimum atomic E-state index is -0.405. The van der Waals surface area contributed by atoms with Crippen molar-refractivity contribution in [2.24, 2.45) is 17.1 Å². The molecule has 2 heterocycles. The van der Waals surface area contributed by atoms with Gasteiger partial charge in [0.15, 0.2) is 0 Å². The van der Waals surface area contributed by atoms with Gasteiger partial charge in [-0.2, -0.15) is 0 Å². The largest absolute Gasteiger partial charge is 0.381 e. The van der Waals surface area contributed by atoms with Crippen LogP contribution in [0.4, 0.5) is 0 Å². The Balaban J connectivity index is 1.47. The number of hydrogen-bond acceptors (Lipinski definition) is 4. The van der Waals surface area contributed by atoms with Crippen molar-refractivity contribution >= 4 is 5.91 Å². The molecule has 0 radical (unpaired) electrons. The molecule has 1 amide bonds. The molecule has 1 atom stereocenters. The van der Waals surface area contributed by atoms with Crippen LogP contribution >= 0.6 is 0 Å². The molecule has 2 aliphatic rings. The molecule has 0 spiro atoms. The first-order valence-electron chi connectivity index (χ1n) is 8.92. The summed E-state index contributed by atoms with van der Waals surface area (Å²) in [6.07, 6.45) is 2.50. The Morgan fingerprint density at radius 3 is 2.75 bits per heavy atom. The van der Waals surface area contributed by atoms with Gasteiger partial charge in [0, 0.05) is 38.8 Å². The Labute approximate surface area is 144 Å². The molecule has 1 aromatic carbocycles. The van der Waals surface area contributed by atoms with Crippen molar-refractivity contribution in [2.45, 2.75) is 25.9 Å². The van der Waals surface area contributed by atoms with Gasteiger partial charge in [-0.05, 0) is 24.8 Å². The van der Waals surface area contributed by atoms with Crippen molar-refractivity contribution in [3.05, 3.63) is 35.9 Å². The maximum absolute atomic E-state index is 12.9. The maximum Gasteiger partial charge on any atom is 0.230 e. The van der Waals surface area contributed by atoms with Crippen molar-refractivity contribution in [3.8, 4) is 0 Å². The van der Waals surface area contributed by atoms with Gasteiger partial charge in [-0.1, -0.05) is 30.3 Å². The average Bonchev–Trinajstić information content (AvgIpc) is 3.11.